The van der Waals surface area contributed by atoms with Crippen molar-refractivity contribution in [2.24, 2.45) is 5.92 Å². The number of carbonyl (C=O) groups excluding carboxylic acids is 2. The molecule has 20 heavy (non-hydrogen) atoms. The molecule has 4 nitrogen and oxygen atoms in total. The first kappa shape index (κ1) is 14.6. The Labute approximate surface area is 120 Å². The maximum Gasteiger partial charge on any atom is 0.227 e. The number of nitrogens with zero attached hydrogens (tertiary/aromatic N) is 1. The largest absolute Gasteiger partial charge is 0.353 e. The summed E-state index contributed by atoms with van der Waals surface area (Å²) in [5, 5.41) is 3.00. The van der Waals surface area contributed by atoms with Crippen LogP contribution in [0.1, 0.15) is 33.1 Å². The molecule has 0 aromatic heterocycles. The van der Waals surface area contributed by atoms with Crippen molar-refractivity contribution < 1.29 is 9.59 Å². The van der Waals surface area contributed by atoms with Gasteiger partial charge in [0.15, 0.2) is 0 Å². The minimum Gasteiger partial charge on any atom is -0.353 e. The highest BCUT2D eigenvalue weighted by Crippen LogP contribution is 2.24. The second-order valence-electron chi connectivity index (χ2n) is 5.44. The highest BCUT2D eigenvalue weighted by atomic mass is 16.2. The molecule has 1 aromatic carbocycles. The molecule has 1 aliphatic heterocycles. The number of anilines is 1. The van der Waals surface area contributed by atoms with Crippen molar-refractivity contribution in [3.05, 3.63) is 30.3 Å². The van der Waals surface area contributed by atoms with Crippen LogP contribution in [0.15, 0.2) is 30.3 Å². The van der Waals surface area contributed by atoms with Gasteiger partial charge in [-0.05, 0) is 25.5 Å². The molecule has 2 amide bonds. The molecule has 1 heterocycles. The third-order valence-electron chi connectivity index (χ3n) is 3.67. The van der Waals surface area contributed by atoms with E-state index in [9.17, 15) is 9.59 Å². The Morgan fingerprint density at radius 1 is 1.40 bits per heavy atom. The molecule has 1 aliphatic rings. The number of benzene rings is 1. The lowest BCUT2D eigenvalue weighted by Gasteiger charge is -2.18. The fraction of sp³-hybridized carbons (Fsp3) is 0.500. The summed E-state index contributed by atoms with van der Waals surface area (Å²) in [7, 11) is 0. The molecule has 2 rings (SSSR count). The van der Waals surface area contributed by atoms with Crippen molar-refractivity contribution in [1.29, 1.82) is 0 Å². The fourth-order valence-electron chi connectivity index (χ4n) is 2.61. The maximum atomic E-state index is 12.2. The topological polar surface area (TPSA) is 49.4 Å². The third kappa shape index (κ3) is 3.38. The lowest BCUT2D eigenvalue weighted by Crippen LogP contribution is -2.38. The van der Waals surface area contributed by atoms with Gasteiger partial charge >= 0.3 is 0 Å². The Kier molecular flexibility index (Phi) is 4.77. The van der Waals surface area contributed by atoms with E-state index in [1.807, 2.05) is 37.3 Å². The monoisotopic (exact) mass is 274 g/mol. The van der Waals surface area contributed by atoms with Crippen LogP contribution in [-0.2, 0) is 9.59 Å². The molecule has 0 radical (unpaired) electrons. The van der Waals surface area contributed by atoms with Crippen molar-refractivity contribution in [2.75, 3.05) is 11.4 Å². The minimum absolute atomic E-state index is 0.00210. The molecule has 4 heteroatoms. The zero-order valence-corrected chi connectivity index (χ0v) is 12.1. The van der Waals surface area contributed by atoms with Gasteiger partial charge in [0.2, 0.25) is 11.8 Å². The van der Waals surface area contributed by atoms with Crippen molar-refractivity contribution >= 4 is 17.5 Å². The van der Waals surface area contributed by atoms with E-state index in [1.54, 1.807) is 4.90 Å². The summed E-state index contributed by atoms with van der Waals surface area (Å²) >= 11 is 0. The number of rotatable bonds is 5. The van der Waals surface area contributed by atoms with E-state index in [-0.39, 0.29) is 23.8 Å². The lowest BCUT2D eigenvalue weighted by atomic mass is 10.1. The fourth-order valence-corrected chi connectivity index (χ4v) is 2.61. The van der Waals surface area contributed by atoms with E-state index < -0.39 is 0 Å². The zero-order chi connectivity index (χ0) is 14.5. The quantitative estimate of drug-likeness (QED) is 0.896. The van der Waals surface area contributed by atoms with Gasteiger partial charge in [-0.2, -0.15) is 0 Å². The van der Waals surface area contributed by atoms with Crippen molar-refractivity contribution in [3.8, 4) is 0 Å². The third-order valence-corrected chi connectivity index (χ3v) is 3.67. The first-order chi connectivity index (χ1) is 9.61. The van der Waals surface area contributed by atoms with E-state index in [0.29, 0.717) is 13.0 Å². The Bertz CT molecular complexity index is 473. The second-order valence-corrected chi connectivity index (χ2v) is 5.44. The summed E-state index contributed by atoms with van der Waals surface area (Å²) < 4.78 is 0. The van der Waals surface area contributed by atoms with Crippen LogP contribution >= 0.6 is 0 Å². The average molecular weight is 274 g/mol. The highest BCUT2D eigenvalue weighted by Gasteiger charge is 2.35. The minimum atomic E-state index is -0.234. The molecule has 1 saturated heterocycles. The van der Waals surface area contributed by atoms with Gasteiger partial charge in [0.1, 0.15) is 0 Å². The number of nitrogens with one attached hydrogen (secondary N) is 1. The van der Waals surface area contributed by atoms with Gasteiger partial charge in [-0.15, -0.1) is 0 Å². The zero-order valence-electron chi connectivity index (χ0n) is 12.1. The number of hydrogen-bond acceptors (Lipinski definition) is 2. The van der Waals surface area contributed by atoms with Gasteiger partial charge in [0, 0.05) is 24.7 Å². The van der Waals surface area contributed by atoms with Crippen LogP contribution in [0.2, 0.25) is 0 Å². The van der Waals surface area contributed by atoms with Crippen LogP contribution in [0.25, 0.3) is 0 Å². The van der Waals surface area contributed by atoms with Gasteiger partial charge in [-0.25, -0.2) is 0 Å². The summed E-state index contributed by atoms with van der Waals surface area (Å²) in [6.07, 6.45) is 2.32. The molecule has 0 spiro atoms. The number of carbonyl (C=O) groups is 2. The van der Waals surface area contributed by atoms with Crippen molar-refractivity contribution in [1.82, 2.24) is 5.32 Å². The van der Waals surface area contributed by atoms with E-state index in [2.05, 4.69) is 12.2 Å². The van der Waals surface area contributed by atoms with E-state index in [4.69, 9.17) is 0 Å². The Morgan fingerprint density at radius 3 is 2.75 bits per heavy atom. The maximum absolute atomic E-state index is 12.2. The second kappa shape index (κ2) is 6.55. The Hall–Kier alpha value is -1.84. The molecular weight excluding hydrogens is 252 g/mol. The Balaban J connectivity index is 1.97. The lowest BCUT2D eigenvalue weighted by molar-refractivity contribution is -0.126. The SMILES string of the molecule is CCC[C@@H](C)NC(=O)[C@@H]1CC(=O)N(c2ccccc2)C1. The first-order valence-electron chi connectivity index (χ1n) is 7.27. The highest BCUT2D eigenvalue weighted by molar-refractivity contribution is 6.00. The summed E-state index contributed by atoms with van der Waals surface area (Å²) in [6.45, 7) is 4.58. The summed E-state index contributed by atoms with van der Waals surface area (Å²) in [6, 6.07) is 9.70. The first-order valence-corrected chi connectivity index (χ1v) is 7.27. The van der Waals surface area contributed by atoms with E-state index in [1.165, 1.54) is 0 Å². The van der Waals surface area contributed by atoms with Crippen molar-refractivity contribution in [2.45, 2.75) is 39.2 Å². The van der Waals surface area contributed by atoms with Gasteiger partial charge < -0.3 is 10.2 Å². The van der Waals surface area contributed by atoms with E-state index in [0.717, 1.165) is 18.5 Å². The van der Waals surface area contributed by atoms with Crippen LogP contribution in [-0.4, -0.2) is 24.4 Å². The molecule has 108 valence electrons. The summed E-state index contributed by atoms with van der Waals surface area (Å²) in [4.78, 5) is 25.9. The normalized spacial score (nSPS) is 20.0. The van der Waals surface area contributed by atoms with Crippen LogP contribution in [0.3, 0.4) is 0 Å². The summed E-state index contributed by atoms with van der Waals surface area (Å²) in [5.41, 5.74) is 0.870. The average Bonchev–Trinajstić information content (AvgIpc) is 2.82. The van der Waals surface area contributed by atoms with Crippen LogP contribution in [0, 0.1) is 5.92 Å². The standard InChI is InChI=1S/C16H22N2O2/c1-3-7-12(2)17-16(20)13-10-15(19)18(11-13)14-8-5-4-6-9-14/h4-6,8-9,12-13H,3,7,10-11H2,1-2H3,(H,17,20)/t12-,13-/m1/s1. The molecular formula is C16H22N2O2. The molecule has 0 aliphatic carbocycles. The molecule has 1 N–H and O–H groups in total. The van der Waals surface area contributed by atoms with E-state index >= 15 is 0 Å². The number of amides is 2. The molecule has 0 bridgehead atoms. The predicted octanol–water partition coefficient (Wildman–Crippen LogP) is 2.34. The molecule has 0 saturated carbocycles. The molecule has 1 aromatic rings. The van der Waals surface area contributed by atoms with Crippen LogP contribution < -0.4 is 10.2 Å². The number of hydrogen-bond donors (Lipinski definition) is 1. The molecule has 2 atom stereocenters. The number of para-hydroxylation sites is 1. The van der Waals surface area contributed by atoms with Gasteiger partial charge in [0.05, 0.1) is 5.92 Å². The van der Waals surface area contributed by atoms with Gasteiger partial charge in [0.25, 0.3) is 0 Å². The van der Waals surface area contributed by atoms with Crippen LogP contribution in [0.5, 0.6) is 0 Å². The smallest absolute Gasteiger partial charge is 0.227 e. The summed E-state index contributed by atoms with van der Waals surface area (Å²) in [5.74, 6) is -0.209. The molecule has 0 unspecified atom stereocenters. The Morgan fingerprint density at radius 2 is 2.10 bits per heavy atom. The van der Waals surface area contributed by atoms with Gasteiger partial charge in [-0.3, -0.25) is 9.59 Å². The molecule has 1 fully saturated rings. The van der Waals surface area contributed by atoms with Gasteiger partial charge in [-0.1, -0.05) is 31.5 Å². The predicted molar refractivity (Wildman–Crippen MR) is 79.4 cm³/mol. The van der Waals surface area contributed by atoms with Crippen LogP contribution in [0.4, 0.5) is 5.69 Å². The van der Waals surface area contributed by atoms with Crippen molar-refractivity contribution in [3.63, 3.8) is 0 Å².